The zero-order valence-corrected chi connectivity index (χ0v) is 17.6. The lowest BCUT2D eigenvalue weighted by atomic mass is 10.1. The van der Waals surface area contributed by atoms with E-state index in [1.807, 2.05) is 60.5 Å². The third kappa shape index (κ3) is 3.52. The molecular weight excluding hydrogens is 402 g/mol. The van der Waals surface area contributed by atoms with E-state index in [0.717, 1.165) is 16.9 Å². The molecule has 8 heteroatoms. The molecular formula is C21H19N5OS2. The van der Waals surface area contributed by atoms with Gasteiger partial charge < -0.3 is 10.6 Å². The quantitative estimate of drug-likeness (QED) is 0.385. The molecule has 146 valence electrons. The van der Waals surface area contributed by atoms with Gasteiger partial charge in [-0.25, -0.2) is 9.50 Å². The number of carbonyl (C=O) groups is 1. The molecule has 4 rings (SSSR count). The number of aromatic nitrogens is 3. The first-order valence-corrected chi connectivity index (χ1v) is 10.4. The molecule has 0 spiro atoms. The van der Waals surface area contributed by atoms with Crippen LogP contribution in [0.25, 0.3) is 16.9 Å². The number of thiocarbonyl (C=S) groups is 1. The second-order valence-corrected chi connectivity index (χ2v) is 8.15. The summed E-state index contributed by atoms with van der Waals surface area (Å²) >= 11 is 6.63. The topological polar surface area (TPSA) is 76.5 Å². The summed E-state index contributed by atoms with van der Waals surface area (Å²) in [4.78, 5) is 19.8. The molecule has 0 aliphatic rings. The SMILES string of the molecule is CC(C)N(C(N)=S)c1cccc(-c2ccnc3c(C(=O)c4cccs4)cnn23)c1. The molecule has 0 saturated carbocycles. The molecule has 0 unspecified atom stereocenters. The van der Waals surface area contributed by atoms with Gasteiger partial charge in [-0.1, -0.05) is 18.2 Å². The van der Waals surface area contributed by atoms with Crippen molar-refractivity contribution in [1.82, 2.24) is 14.6 Å². The lowest BCUT2D eigenvalue weighted by molar-refractivity contribution is 0.104. The number of thiophene rings is 1. The lowest BCUT2D eigenvalue weighted by Crippen LogP contribution is -2.40. The van der Waals surface area contributed by atoms with Crippen LogP contribution in [0, 0.1) is 0 Å². The Hall–Kier alpha value is -3.10. The highest BCUT2D eigenvalue weighted by molar-refractivity contribution is 7.80. The van der Waals surface area contributed by atoms with Crippen molar-refractivity contribution in [3.63, 3.8) is 0 Å². The van der Waals surface area contributed by atoms with Crippen molar-refractivity contribution in [3.8, 4) is 11.3 Å². The average Bonchev–Trinajstić information content (AvgIpc) is 3.37. The molecule has 0 saturated heterocycles. The van der Waals surface area contributed by atoms with Crippen LogP contribution in [0.1, 0.15) is 29.1 Å². The predicted octanol–water partition coefficient (Wildman–Crippen LogP) is 4.15. The summed E-state index contributed by atoms with van der Waals surface area (Å²) in [6, 6.07) is 13.6. The molecule has 0 fully saturated rings. The molecule has 0 amide bonds. The van der Waals surface area contributed by atoms with E-state index >= 15 is 0 Å². The number of benzene rings is 1. The van der Waals surface area contributed by atoms with Crippen LogP contribution in [0.5, 0.6) is 0 Å². The monoisotopic (exact) mass is 421 g/mol. The van der Waals surface area contributed by atoms with E-state index < -0.39 is 0 Å². The summed E-state index contributed by atoms with van der Waals surface area (Å²) in [5.41, 5.74) is 9.59. The molecule has 4 aromatic rings. The van der Waals surface area contributed by atoms with Gasteiger partial charge in [0, 0.05) is 23.5 Å². The van der Waals surface area contributed by atoms with Gasteiger partial charge in [0.15, 0.2) is 10.8 Å². The molecule has 6 nitrogen and oxygen atoms in total. The fourth-order valence-corrected chi connectivity index (χ4v) is 4.30. The summed E-state index contributed by atoms with van der Waals surface area (Å²) in [5, 5.41) is 6.64. The maximum Gasteiger partial charge on any atom is 0.208 e. The van der Waals surface area contributed by atoms with Gasteiger partial charge in [0.1, 0.15) is 0 Å². The highest BCUT2D eigenvalue weighted by atomic mass is 32.1. The van der Waals surface area contributed by atoms with Crippen molar-refractivity contribution in [1.29, 1.82) is 0 Å². The van der Waals surface area contributed by atoms with Gasteiger partial charge in [-0.2, -0.15) is 5.10 Å². The smallest absolute Gasteiger partial charge is 0.208 e. The molecule has 2 N–H and O–H groups in total. The number of anilines is 1. The number of hydrogen-bond donors (Lipinski definition) is 1. The number of nitrogens with zero attached hydrogens (tertiary/aromatic N) is 4. The highest BCUT2D eigenvalue weighted by Gasteiger charge is 2.19. The van der Waals surface area contributed by atoms with Crippen molar-refractivity contribution in [2.24, 2.45) is 5.73 Å². The van der Waals surface area contributed by atoms with Crippen LogP contribution in [0.3, 0.4) is 0 Å². The minimum Gasteiger partial charge on any atom is -0.376 e. The third-order valence-corrected chi connectivity index (χ3v) is 5.63. The number of carbonyl (C=O) groups excluding carboxylic acids is 1. The van der Waals surface area contributed by atoms with Crippen molar-refractivity contribution in [3.05, 3.63) is 70.7 Å². The van der Waals surface area contributed by atoms with Crippen molar-refractivity contribution in [2.45, 2.75) is 19.9 Å². The Morgan fingerprint density at radius 3 is 2.76 bits per heavy atom. The summed E-state index contributed by atoms with van der Waals surface area (Å²) in [6.07, 6.45) is 3.27. The summed E-state index contributed by atoms with van der Waals surface area (Å²) in [5.74, 6) is -0.0761. The van der Waals surface area contributed by atoms with E-state index in [0.29, 0.717) is 21.2 Å². The lowest BCUT2D eigenvalue weighted by Gasteiger charge is -2.27. The molecule has 0 aliphatic heterocycles. The Kier molecular flexibility index (Phi) is 5.12. The maximum absolute atomic E-state index is 12.8. The van der Waals surface area contributed by atoms with Gasteiger partial charge in [0.25, 0.3) is 0 Å². The Morgan fingerprint density at radius 2 is 2.07 bits per heavy atom. The molecule has 0 bridgehead atoms. The Balaban J connectivity index is 1.81. The Bertz CT molecular complexity index is 1200. The van der Waals surface area contributed by atoms with E-state index in [2.05, 4.69) is 10.1 Å². The molecule has 29 heavy (non-hydrogen) atoms. The van der Waals surface area contributed by atoms with E-state index in [1.165, 1.54) is 11.3 Å². The van der Waals surface area contributed by atoms with Gasteiger partial charge in [0.2, 0.25) is 5.78 Å². The first-order chi connectivity index (χ1) is 14.0. The van der Waals surface area contributed by atoms with Crippen LogP contribution >= 0.6 is 23.6 Å². The minimum atomic E-state index is -0.0761. The number of fused-ring (bicyclic) bond motifs is 1. The third-order valence-electron chi connectivity index (χ3n) is 4.56. The average molecular weight is 422 g/mol. The highest BCUT2D eigenvalue weighted by Crippen LogP contribution is 2.27. The van der Waals surface area contributed by atoms with Crippen LogP contribution in [0.4, 0.5) is 5.69 Å². The first kappa shape index (κ1) is 19.2. The summed E-state index contributed by atoms with van der Waals surface area (Å²) < 4.78 is 1.69. The summed E-state index contributed by atoms with van der Waals surface area (Å²) in [6.45, 7) is 4.07. The Labute approximate surface area is 177 Å². The van der Waals surface area contributed by atoms with Gasteiger partial charge >= 0.3 is 0 Å². The zero-order valence-electron chi connectivity index (χ0n) is 15.9. The number of ketones is 1. The van der Waals surface area contributed by atoms with Crippen molar-refractivity contribution >= 4 is 45.8 Å². The molecule has 1 aromatic carbocycles. The molecule has 0 aliphatic carbocycles. The first-order valence-electron chi connectivity index (χ1n) is 9.07. The second-order valence-electron chi connectivity index (χ2n) is 6.78. The van der Waals surface area contributed by atoms with Crippen molar-refractivity contribution < 1.29 is 4.79 Å². The summed E-state index contributed by atoms with van der Waals surface area (Å²) in [7, 11) is 0. The molecule has 0 radical (unpaired) electrons. The normalized spacial score (nSPS) is 11.1. The minimum absolute atomic E-state index is 0.0761. The molecule has 3 aromatic heterocycles. The zero-order chi connectivity index (χ0) is 20.5. The van der Waals surface area contributed by atoms with E-state index in [1.54, 1.807) is 23.0 Å². The van der Waals surface area contributed by atoms with Crippen LogP contribution < -0.4 is 10.6 Å². The van der Waals surface area contributed by atoms with Gasteiger partial charge in [-0.15, -0.1) is 11.3 Å². The number of rotatable bonds is 5. The van der Waals surface area contributed by atoms with Crippen LogP contribution in [-0.2, 0) is 0 Å². The van der Waals surface area contributed by atoms with E-state index in [-0.39, 0.29) is 11.8 Å². The fourth-order valence-electron chi connectivity index (χ4n) is 3.31. The van der Waals surface area contributed by atoms with E-state index in [9.17, 15) is 4.79 Å². The van der Waals surface area contributed by atoms with Crippen LogP contribution in [0.2, 0.25) is 0 Å². The molecule has 0 atom stereocenters. The number of hydrogen-bond acceptors (Lipinski definition) is 5. The van der Waals surface area contributed by atoms with E-state index in [4.69, 9.17) is 18.0 Å². The second kappa shape index (κ2) is 7.73. The van der Waals surface area contributed by atoms with Gasteiger partial charge in [0.05, 0.1) is 22.3 Å². The standard InChI is InChI=1S/C21H19N5OS2/c1-13(2)25(21(22)28)15-6-3-5-14(11-15)17-8-9-23-20-16(12-24-26(17)20)19(27)18-7-4-10-29-18/h3-13H,1-2H3,(H2,22,28). The largest absolute Gasteiger partial charge is 0.376 e. The number of nitrogens with two attached hydrogens (primary N) is 1. The predicted molar refractivity (Wildman–Crippen MR) is 121 cm³/mol. The fraction of sp³-hybridized carbons (Fsp3) is 0.143. The van der Waals surface area contributed by atoms with Crippen molar-refractivity contribution in [2.75, 3.05) is 4.90 Å². The van der Waals surface area contributed by atoms with Crippen LogP contribution in [-0.4, -0.2) is 31.5 Å². The molecule has 3 heterocycles. The van der Waals surface area contributed by atoms with Gasteiger partial charge in [-0.3, -0.25) is 4.79 Å². The van der Waals surface area contributed by atoms with Gasteiger partial charge in [-0.05, 0) is 55.7 Å². The Morgan fingerprint density at radius 1 is 1.24 bits per heavy atom. The van der Waals surface area contributed by atoms with Crippen LogP contribution in [0.15, 0.2) is 60.2 Å². The maximum atomic E-state index is 12.8.